The molecule has 10 nitrogen and oxygen atoms in total. The molecule has 1 fully saturated rings. The molecule has 0 aliphatic carbocycles. The summed E-state index contributed by atoms with van der Waals surface area (Å²) in [7, 11) is -0.417. The predicted octanol–water partition coefficient (Wildman–Crippen LogP) is 3.42. The Bertz CT molecular complexity index is 1370. The average molecular weight is 510 g/mol. The molecule has 0 aromatic heterocycles. The van der Waals surface area contributed by atoms with Gasteiger partial charge >= 0.3 is 0 Å². The molecular weight excluding hydrogens is 482 g/mol. The number of nitrogens with zero attached hydrogens (tertiary/aromatic N) is 4. The standard InChI is InChI=1S/C25H27N5O5S/c1-27-13-15-29(16-14-27)23-12-11-19(17-24(23)30(32)33)25(31)26-20-7-6-10-22(18-20)36(34,35)28(2)21-8-4-3-5-9-21/h3-12,17-18H,13-16H2,1-2H3,(H,26,31). The molecule has 4 rings (SSSR count). The first-order valence-corrected chi connectivity index (χ1v) is 12.8. The molecule has 0 atom stereocenters. The number of anilines is 3. The second kappa shape index (κ2) is 10.3. The van der Waals surface area contributed by atoms with Gasteiger partial charge in [-0.05, 0) is 49.5 Å². The van der Waals surface area contributed by atoms with E-state index in [0.29, 0.717) is 24.5 Å². The van der Waals surface area contributed by atoms with E-state index in [-0.39, 0.29) is 21.8 Å². The van der Waals surface area contributed by atoms with Crippen molar-refractivity contribution in [2.75, 3.05) is 54.8 Å². The van der Waals surface area contributed by atoms with Crippen molar-refractivity contribution in [1.82, 2.24) is 4.90 Å². The van der Waals surface area contributed by atoms with Gasteiger partial charge in [-0.15, -0.1) is 0 Å². The molecule has 0 unspecified atom stereocenters. The summed E-state index contributed by atoms with van der Waals surface area (Å²) in [6, 6.07) is 18.9. The van der Waals surface area contributed by atoms with Gasteiger partial charge in [0, 0.05) is 50.5 Å². The van der Waals surface area contributed by atoms with Crippen molar-refractivity contribution in [2.45, 2.75) is 4.90 Å². The van der Waals surface area contributed by atoms with Gasteiger partial charge in [0.25, 0.3) is 21.6 Å². The maximum atomic E-state index is 13.1. The number of benzene rings is 3. The number of piperazine rings is 1. The van der Waals surface area contributed by atoms with E-state index in [4.69, 9.17) is 0 Å². The van der Waals surface area contributed by atoms with Gasteiger partial charge in [0.2, 0.25) is 0 Å². The van der Waals surface area contributed by atoms with E-state index in [1.165, 1.54) is 31.3 Å². The van der Waals surface area contributed by atoms with Crippen LogP contribution in [0.3, 0.4) is 0 Å². The van der Waals surface area contributed by atoms with Crippen molar-refractivity contribution in [3.8, 4) is 0 Å². The molecule has 1 aliphatic rings. The lowest BCUT2D eigenvalue weighted by Gasteiger charge is -2.33. The second-order valence-corrected chi connectivity index (χ2v) is 10.5. The van der Waals surface area contributed by atoms with Crippen LogP contribution in [0.2, 0.25) is 0 Å². The highest BCUT2D eigenvalue weighted by Gasteiger charge is 2.25. The minimum atomic E-state index is -3.87. The molecule has 1 heterocycles. The smallest absolute Gasteiger partial charge is 0.293 e. The van der Waals surface area contributed by atoms with Gasteiger partial charge in [0.15, 0.2) is 0 Å². The molecule has 11 heteroatoms. The van der Waals surface area contributed by atoms with Gasteiger partial charge in [-0.25, -0.2) is 8.42 Å². The van der Waals surface area contributed by atoms with Crippen LogP contribution in [0.25, 0.3) is 0 Å². The normalized spacial score (nSPS) is 14.3. The number of rotatable bonds is 7. The fourth-order valence-corrected chi connectivity index (χ4v) is 5.24. The number of carbonyl (C=O) groups excluding carboxylic acids is 1. The highest BCUT2D eigenvalue weighted by molar-refractivity contribution is 7.92. The minimum Gasteiger partial charge on any atom is -0.363 e. The molecule has 1 saturated heterocycles. The summed E-state index contributed by atoms with van der Waals surface area (Å²) in [6.07, 6.45) is 0. The number of nitro benzene ring substituents is 1. The highest BCUT2D eigenvalue weighted by Crippen LogP contribution is 2.30. The van der Waals surface area contributed by atoms with Gasteiger partial charge in [-0.1, -0.05) is 24.3 Å². The van der Waals surface area contributed by atoms with Gasteiger partial charge in [-0.2, -0.15) is 0 Å². The Morgan fingerprint density at radius 3 is 2.33 bits per heavy atom. The number of likely N-dealkylation sites (N-methyl/N-ethyl adjacent to an activating group) is 1. The van der Waals surface area contributed by atoms with E-state index >= 15 is 0 Å². The van der Waals surface area contributed by atoms with Gasteiger partial charge in [-0.3, -0.25) is 19.2 Å². The molecule has 0 bridgehead atoms. The Morgan fingerprint density at radius 1 is 0.972 bits per heavy atom. The summed E-state index contributed by atoms with van der Waals surface area (Å²) >= 11 is 0. The van der Waals surface area contributed by atoms with Gasteiger partial charge < -0.3 is 15.1 Å². The lowest BCUT2D eigenvalue weighted by molar-refractivity contribution is -0.384. The zero-order valence-corrected chi connectivity index (χ0v) is 20.8. The zero-order chi connectivity index (χ0) is 25.9. The van der Waals surface area contributed by atoms with Crippen LogP contribution in [0.5, 0.6) is 0 Å². The van der Waals surface area contributed by atoms with Gasteiger partial charge in [0.1, 0.15) is 5.69 Å². The third-order valence-electron chi connectivity index (χ3n) is 6.15. The molecule has 188 valence electrons. The first-order chi connectivity index (χ1) is 17.2. The number of nitrogens with one attached hydrogen (secondary N) is 1. The van der Waals surface area contributed by atoms with Crippen LogP contribution in [-0.2, 0) is 10.0 Å². The Kier molecular flexibility index (Phi) is 7.22. The molecule has 0 spiro atoms. The monoisotopic (exact) mass is 509 g/mol. The summed E-state index contributed by atoms with van der Waals surface area (Å²) < 4.78 is 27.4. The van der Waals surface area contributed by atoms with Crippen molar-refractivity contribution >= 4 is 38.7 Å². The van der Waals surface area contributed by atoms with E-state index < -0.39 is 20.9 Å². The summed E-state index contributed by atoms with van der Waals surface area (Å²) in [4.78, 5) is 28.3. The van der Waals surface area contributed by atoms with Crippen LogP contribution in [0.4, 0.5) is 22.7 Å². The molecule has 1 aliphatic heterocycles. The lowest BCUT2D eigenvalue weighted by Crippen LogP contribution is -2.44. The fourth-order valence-electron chi connectivity index (χ4n) is 4.00. The van der Waals surface area contributed by atoms with Crippen LogP contribution in [0.15, 0.2) is 77.7 Å². The van der Waals surface area contributed by atoms with Crippen LogP contribution in [-0.4, -0.2) is 64.4 Å². The largest absolute Gasteiger partial charge is 0.363 e. The lowest BCUT2D eigenvalue weighted by atomic mass is 10.1. The molecular formula is C25H27N5O5S. The average Bonchev–Trinajstić information content (AvgIpc) is 2.89. The number of nitro groups is 1. The first-order valence-electron chi connectivity index (χ1n) is 11.3. The fraction of sp³-hybridized carbons (Fsp3) is 0.240. The first kappa shape index (κ1) is 25.1. The molecule has 36 heavy (non-hydrogen) atoms. The molecule has 0 radical (unpaired) electrons. The summed E-state index contributed by atoms with van der Waals surface area (Å²) in [5.41, 5.74) is 1.19. The number of para-hydroxylation sites is 1. The number of sulfonamides is 1. The minimum absolute atomic E-state index is 0.00282. The van der Waals surface area contributed by atoms with Crippen molar-refractivity contribution in [3.63, 3.8) is 0 Å². The van der Waals surface area contributed by atoms with E-state index in [1.54, 1.807) is 48.5 Å². The Labute approximate surface area is 209 Å². The quantitative estimate of drug-likeness (QED) is 0.383. The molecule has 1 amide bonds. The topological polar surface area (TPSA) is 116 Å². The van der Waals surface area contributed by atoms with Crippen molar-refractivity contribution in [3.05, 3.63) is 88.5 Å². The van der Waals surface area contributed by atoms with Crippen molar-refractivity contribution in [2.24, 2.45) is 0 Å². The number of amides is 1. The van der Waals surface area contributed by atoms with E-state index in [2.05, 4.69) is 10.2 Å². The van der Waals surface area contributed by atoms with Crippen LogP contribution in [0, 0.1) is 10.1 Å². The molecule has 3 aromatic carbocycles. The molecule has 1 N–H and O–H groups in total. The highest BCUT2D eigenvalue weighted by atomic mass is 32.2. The summed E-state index contributed by atoms with van der Waals surface area (Å²) in [5, 5.41) is 14.4. The Balaban J connectivity index is 1.55. The number of hydrogen-bond acceptors (Lipinski definition) is 7. The van der Waals surface area contributed by atoms with E-state index in [9.17, 15) is 23.3 Å². The van der Waals surface area contributed by atoms with Gasteiger partial charge in [0.05, 0.1) is 15.5 Å². The number of carbonyl (C=O) groups is 1. The summed E-state index contributed by atoms with van der Waals surface area (Å²) in [5.74, 6) is -0.575. The van der Waals surface area contributed by atoms with Crippen LogP contribution in [0.1, 0.15) is 10.4 Å². The third kappa shape index (κ3) is 5.31. The molecule has 0 saturated carbocycles. The van der Waals surface area contributed by atoms with Crippen molar-refractivity contribution in [1.29, 1.82) is 0 Å². The Hall–Kier alpha value is -3.96. The van der Waals surface area contributed by atoms with Crippen LogP contribution < -0.4 is 14.5 Å². The maximum absolute atomic E-state index is 13.1. The SMILES string of the molecule is CN1CCN(c2ccc(C(=O)Nc3cccc(S(=O)(=O)N(C)c4ccccc4)c3)cc2[N+](=O)[O-])CC1. The van der Waals surface area contributed by atoms with E-state index in [1.807, 2.05) is 11.9 Å². The van der Waals surface area contributed by atoms with Crippen LogP contribution >= 0.6 is 0 Å². The summed E-state index contributed by atoms with van der Waals surface area (Å²) in [6.45, 7) is 2.89. The van der Waals surface area contributed by atoms with E-state index in [0.717, 1.165) is 17.4 Å². The predicted molar refractivity (Wildman–Crippen MR) is 139 cm³/mol. The third-order valence-corrected chi connectivity index (χ3v) is 7.93. The second-order valence-electron chi connectivity index (χ2n) is 8.54. The molecule has 3 aromatic rings. The van der Waals surface area contributed by atoms with Crippen molar-refractivity contribution < 1.29 is 18.1 Å². The number of hydrogen-bond donors (Lipinski definition) is 1. The Morgan fingerprint density at radius 2 is 1.67 bits per heavy atom. The maximum Gasteiger partial charge on any atom is 0.293 e. The zero-order valence-electron chi connectivity index (χ0n) is 20.0.